The Kier molecular flexibility index (Phi) is 3.34. The molecule has 0 bridgehead atoms. The number of nitrogens with zero attached hydrogens (tertiary/aromatic N) is 1. The lowest BCUT2D eigenvalue weighted by molar-refractivity contribution is 0.640. The van der Waals surface area contributed by atoms with E-state index in [0.717, 1.165) is 27.4 Å². The van der Waals surface area contributed by atoms with Crippen molar-refractivity contribution in [2.75, 3.05) is 0 Å². The van der Waals surface area contributed by atoms with Crippen molar-refractivity contribution in [2.45, 2.75) is 20.8 Å². The van der Waals surface area contributed by atoms with E-state index in [-0.39, 0.29) is 5.82 Å². The van der Waals surface area contributed by atoms with Gasteiger partial charge in [0.05, 0.1) is 5.69 Å². The SMILES string of the molecule is Cc1cc(-c2nccc3c2ccc2c(F)cccc23)cc(C)c1C. The van der Waals surface area contributed by atoms with Crippen molar-refractivity contribution in [3.8, 4) is 11.3 Å². The van der Waals surface area contributed by atoms with Gasteiger partial charge < -0.3 is 0 Å². The number of hydrogen-bond acceptors (Lipinski definition) is 1. The summed E-state index contributed by atoms with van der Waals surface area (Å²) in [5, 5.41) is 3.67. The molecule has 4 aromatic rings. The first kappa shape index (κ1) is 14.8. The van der Waals surface area contributed by atoms with Crippen molar-refractivity contribution < 1.29 is 4.39 Å². The molecule has 0 aliphatic rings. The van der Waals surface area contributed by atoms with Crippen molar-refractivity contribution in [1.29, 1.82) is 0 Å². The number of fused-ring (bicyclic) bond motifs is 3. The summed E-state index contributed by atoms with van der Waals surface area (Å²) in [6.07, 6.45) is 1.81. The average Bonchev–Trinajstić information content (AvgIpc) is 2.59. The normalized spacial score (nSPS) is 11.3. The molecule has 0 aliphatic carbocycles. The van der Waals surface area contributed by atoms with Crippen LogP contribution < -0.4 is 0 Å². The number of aryl methyl sites for hydroxylation is 2. The Morgan fingerprint density at radius 2 is 1.42 bits per heavy atom. The molecule has 1 heterocycles. The summed E-state index contributed by atoms with van der Waals surface area (Å²) >= 11 is 0. The lowest BCUT2D eigenvalue weighted by Gasteiger charge is -2.12. The van der Waals surface area contributed by atoms with Crippen molar-refractivity contribution in [3.05, 3.63) is 77.2 Å². The van der Waals surface area contributed by atoms with Gasteiger partial charge in [0.2, 0.25) is 0 Å². The van der Waals surface area contributed by atoms with Gasteiger partial charge in [-0.05, 0) is 72.5 Å². The lowest BCUT2D eigenvalue weighted by Crippen LogP contribution is -1.92. The number of hydrogen-bond donors (Lipinski definition) is 0. The van der Waals surface area contributed by atoms with Gasteiger partial charge in [0.1, 0.15) is 5.82 Å². The van der Waals surface area contributed by atoms with Crippen LogP contribution in [0.1, 0.15) is 16.7 Å². The Hall–Kier alpha value is -2.74. The van der Waals surface area contributed by atoms with E-state index in [1.807, 2.05) is 30.5 Å². The summed E-state index contributed by atoms with van der Waals surface area (Å²) in [5.41, 5.74) is 5.89. The van der Waals surface area contributed by atoms with Crippen LogP contribution in [-0.4, -0.2) is 4.98 Å². The molecule has 0 saturated carbocycles. The highest BCUT2D eigenvalue weighted by Gasteiger charge is 2.11. The molecule has 0 spiro atoms. The third-order valence-corrected chi connectivity index (χ3v) is 4.95. The maximum atomic E-state index is 14.1. The van der Waals surface area contributed by atoms with E-state index in [0.29, 0.717) is 5.39 Å². The van der Waals surface area contributed by atoms with Crippen LogP contribution in [0.3, 0.4) is 0 Å². The second-order valence-corrected chi connectivity index (χ2v) is 6.39. The monoisotopic (exact) mass is 315 g/mol. The fourth-order valence-electron chi connectivity index (χ4n) is 3.39. The number of rotatable bonds is 1. The number of benzene rings is 3. The van der Waals surface area contributed by atoms with Crippen LogP contribution in [0.5, 0.6) is 0 Å². The van der Waals surface area contributed by atoms with E-state index in [4.69, 9.17) is 0 Å². The first-order valence-corrected chi connectivity index (χ1v) is 8.10. The van der Waals surface area contributed by atoms with Crippen molar-refractivity contribution >= 4 is 21.5 Å². The molecule has 0 fully saturated rings. The molecule has 0 aliphatic heterocycles. The second kappa shape index (κ2) is 5.41. The first-order valence-electron chi connectivity index (χ1n) is 8.10. The molecule has 0 unspecified atom stereocenters. The van der Waals surface area contributed by atoms with E-state index in [1.165, 1.54) is 22.8 Å². The second-order valence-electron chi connectivity index (χ2n) is 6.39. The molecular formula is C22H18FN. The van der Waals surface area contributed by atoms with Crippen LogP contribution in [0.15, 0.2) is 54.7 Å². The molecule has 0 amide bonds. The molecule has 0 radical (unpaired) electrons. The Labute approximate surface area is 140 Å². The largest absolute Gasteiger partial charge is 0.256 e. The van der Waals surface area contributed by atoms with Crippen molar-refractivity contribution in [3.63, 3.8) is 0 Å². The minimum Gasteiger partial charge on any atom is -0.256 e. The van der Waals surface area contributed by atoms with E-state index < -0.39 is 0 Å². The fourth-order valence-corrected chi connectivity index (χ4v) is 3.39. The molecule has 118 valence electrons. The Morgan fingerprint density at radius 1 is 0.750 bits per heavy atom. The third kappa shape index (κ3) is 2.18. The lowest BCUT2D eigenvalue weighted by atomic mass is 9.95. The highest BCUT2D eigenvalue weighted by Crippen LogP contribution is 2.33. The van der Waals surface area contributed by atoms with Crippen LogP contribution in [0.4, 0.5) is 4.39 Å². The van der Waals surface area contributed by atoms with Crippen LogP contribution >= 0.6 is 0 Å². The van der Waals surface area contributed by atoms with E-state index >= 15 is 0 Å². The van der Waals surface area contributed by atoms with Crippen molar-refractivity contribution in [2.24, 2.45) is 0 Å². The van der Waals surface area contributed by atoms with Crippen LogP contribution in [0.2, 0.25) is 0 Å². The molecule has 0 N–H and O–H groups in total. The topological polar surface area (TPSA) is 12.9 Å². The molecule has 4 rings (SSSR count). The number of aromatic nitrogens is 1. The van der Waals surface area contributed by atoms with Gasteiger partial charge in [-0.15, -0.1) is 0 Å². The van der Waals surface area contributed by atoms with E-state index in [1.54, 1.807) is 6.07 Å². The van der Waals surface area contributed by atoms with Crippen LogP contribution in [0.25, 0.3) is 32.8 Å². The quantitative estimate of drug-likeness (QED) is 0.386. The Morgan fingerprint density at radius 3 is 2.17 bits per heavy atom. The highest BCUT2D eigenvalue weighted by molar-refractivity contribution is 6.11. The van der Waals surface area contributed by atoms with Crippen LogP contribution in [-0.2, 0) is 0 Å². The highest BCUT2D eigenvalue weighted by atomic mass is 19.1. The fraction of sp³-hybridized carbons (Fsp3) is 0.136. The molecule has 0 saturated heterocycles. The van der Waals surface area contributed by atoms with Gasteiger partial charge >= 0.3 is 0 Å². The number of pyridine rings is 1. The summed E-state index contributed by atoms with van der Waals surface area (Å²) < 4.78 is 14.1. The zero-order valence-corrected chi connectivity index (χ0v) is 14.0. The molecule has 1 nitrogen and oxygen atoms in total. The van der Waals surface area contributed by atoms with Gasteiger partial charge in [-0.25, -0.2) is 4.39 Å². The van der Waals surface area contributed by atoms with E-state index in [9.17, 15) is 4.39 Å². The van der Waals surface area contributed by atoms with Crippen molar-refractivity contribution in [1.82, 2.24) is 4.98 Å². The molecule has 0 atom stereocenters. The van der Waals surface area contributed by atoms with Gasteiger partial charge in [-0.3, -0.25) is 4.98 Å². The van der Waals surface area contributed by atoms with Gasteiger partial charge in [0.15, 0.2) is 0 Å². The Balaban J connectivity index is 2.08. The summed E-state index contributed by atoms with van der Waals surface area (Å²) in [4.78, 5) is 4.62. The minimum absolute atomic E-state index is 0.185. The predicted molar refractivity (Wildman–Crippen MR) is 98.9 cm³/mol. The summed E-state index contributed by atoms with van der Waals surface area (Å²) in [6, 6.07) is 15.4. The molecule has 1 aromatic heterocycles. The predicted octanol–water partition coefficient (Wildman–Crippen LogP) is 6.12. The average molecular weight is 315 g/mol. The standard InChI is InChI=1S/C22H18FN/c1-13-11-16(12-14(2)15(13)3)22-20-8-7-19-17(5-4-6-21(19)23)18(20)9-10-24-22/h4-12H,1-3H3. The number of halogens is 1. The summed E-state index contributed by atoms with van der Waals surface area (Å²) in [6.45, 7) is 6.39. The van der Waals surface area contributed by atoms with Crippen LogP contribution in [0, 0.1) is 26.6 Å². The zero-order valence-electron chi connectivity index (χ0n) is 14.0. The maximum Gasteiger partial charge on any atom is 0.131 e. The summed E-state index contributed by atoms with van der Waals surface area (Å²) in [7, 11) is 0. The minimum atomic E-state index is -0.185. The smallest absolute Gasteiger partial charge is 0.131 e. The van der Waals surface area contributed by atoms with Gasteiger partial charge in [-0.1, -0.05) is 24.3 Å². The first-order chi connectivity index (χ1) is 11.6. The van der Waals surface area contributed by atoms with Gasteiger partial charge in [0.25, 0.3) is 0 Å². The zero-order chi connectivity index (χ0) is 16.8. The van der Waals surface area contributed by atoms with Gasteiger partial charge in [-0.2, -0.15) is 0 Å². The molecule has 2 heteroatoms. The molecule has 24 heavy (non-hydrogen) atoms. The van der Waals surface area contributed by atoms with Gasteiger partial charge in [0, 0.05) is 22.5 Å². The molecular weight excluding hydrogens is 297 g/mol. The third-order valence-electron chi connectivity index (χ3n) is 4.95. The van der Waals surface area contributed by atoms with E-state index in [2.05, 4.69) is 37.9 Å². The maximum absolute atomic E-state index is 14.1. The summed E-state index contributed by atoms with van der Waals surface area (Å²) in [5.74, 6) is -0.185. The molecule has 3 aromatic carbocycles. The Bertz CT molecular complexity index is 1070.